The van der Waals surface area contributed by atoms with Gasteiger partial charge >= 0.3 is 0 Å². The largest absolute Gasteiger partial charge is 0.429 e. The third kappa shape index (κ3) is 4.90. The van der Waals surface area contributed by atoms with Crippen molar-refractivity contribution in [1.29, 1.82) is 0 Å². The van der Waals surface area contributed by atoms with Gasteiger partial charge < -0.3 is 4.74 Å². The fourth-order valence-electron chi connectivity index (χ4n) is 0.469. The molecule has 0 atom stereocenters. The first-order valence-corrected chi connectivity index (χ1v) is 3.07. The molecular weight excluding hydrogens is 140 g/mol. The van der Waals surface area contributed by atoms with Gasteiger partial charge in [-0.25, -0.2) is 0 Å². The Morgan fingerprint density at radius 3 is 2.45 bits per heavy atom. The highest BCUT2D eigenvalue weighted by molar-refractivity contribution is 5.42. The molecule has 2 nitrogen and oxygen atoms in total. The Kier molecular flexibility index (Phi) is 5.61. The van der Waals surface area contributed by atoms with E-state index in [0.717, 1.165) is 0 Å². The van der Waals surface area contributed by atoms with Crippen LogP contribution in [-0.2, 0) is 9.53 Å². The number of carbonyl (C=O) groups excluding carboxylic acids is 1. The molecule has 0 aliphatic rings. The molecule has 0 bridgehead atoms. The van der Waals surface area contributed by atoms with Gasteiger partial charge in [-0.05, 0) is 12.2 Å². The Hall–Kier alpha value is -1.57. The maximum Gasteiger partial charge on any atom is 0.298 e. The lowest BCUT2D eigenvalue weighted by Gasteiger charge is -1.93. The second-order valence-electron chi connectivity index (χ2n) is 1.61. The standard InChI is InChI=1S/C9H10O2/c1-3-5-7-9(6-4-2)11-8-10/h3-8H,1-2H2/b7-5-,9-6+. The highest BCUT2D eigenvalue weighted by Gasteiger charge is 1.86. The van der Waals surface area contributed by atoms with Gasteiger partial charge in [-0.2, -0.15) is 0 Å². The van der Waals surface area contributed by atoms with E-state index >= 15 is 0 Å². The molecule has 58 valence electrons. The van der Waals surface area contributed by atoms with Gasteiger partial charge in [0, 0.05) is 0 Å². The number of hydrogen-bond donors (Lipinski definition) is 0. The van der Waals surface area contributed by atoms with E-state index in [1.165, 1.54) is 6.08 Å². The summed E-state index contributed by atoms with van der Waals surface area (Å²) in [6, 6.07) is 0. The summed E-state index contributed by atoms with van der Waals surface area (Å²) in [5.41, 5.74) is 0. The second kappa shape index (κ2) is 6.55. The predicted octanol–water partition coefficient (Wildman–Crippen LogP) is 1.97. The number of hydrogen-bond acceptors (Lipinski definition) is 2. The average molecular weight is 150 g/mol. The second-order valence-corrected chi connectivity index (χ2v) is 1.61. The molecule has 0 saturated heterocycles. The maximum atomic E-state index is 9.90. The van der Waals surface area contributed by atoms with Gasteiger partial charge in [-0.3, -0.25) is 4.79 Å². The number of rotatable bonds is 5. The molecule has 0 fully saturated rings. The molecule has 0 aromatic heterocycles. The Balaban J connectivity index is 4.20. The molecule has 2 heteroatoms. The number of ether oxygens (including phenoxy) is 1. The van der Waals surface area contributed by atoms with E-state index in [0.29, 0.717) is 12.2 Å². The van der Waals surface area contributed by atoms with Crippen molar-refractivity contribution in [2.75, 3.05) is 0 Å². The van der Waals surface area contributed by atoms with E-state index in [9.17, 15) is 4.79 Å². The molecule has 0 radical (unpaired) electrons. The summed E-state index contributed by atoms with van der Waals surface area (Å²) in [4.78, 5) is 9.90. The first-order chi connectivity index (χ1) is 5.35. The minimum absolute atomic E-state index is 0.364. The van der Waals surface area contributed by atoms with Gasteiger partial charge in [0.2, 0.25) is 0 Å². The summed E-state index contributed by atoms with van der Waals surface area (Å²) >= 11 is 0. The zero-order valence-electron chi connectivity index (χ0n) is 6.19. The van der Waals surface area contributed by atoms with Crippen LogP contribution in [0.4, 0.5) is 0 Å². The third-order valence-corrected chi connectivity index (χ3v) is 0.863. The Morgan fingerprint density at radius 1 is 1.27 bits per heavy atom. The van der Waals surface area contributed by atoms with Crippen molar-refractivity contribution in [3.8, 4) is 0 Å². The lowest BCUT2D eigenvalue weighted by Crippen LogP contribution is -1.83. The highest BCUT2D eigenvalue weighted by Crippen LogP contribution is 1.97. The van der Waals surface area contributed by atoms with Crippen LogP contribution < -0.4 is 0 Å². The molecular formula is C9H10O2. The highest BCUT2D eigenvalue weighted by atomic mass is 16.5. The first-order valence-electron chi connectivity index (χ1n) is 3.07. The average Bonchev–Trinajstić information content (AvgIpc) is 2.01. The monoisotopic (exact) mass is 150 g/mol. The van der Waals surface area contributed by atoms with Crippen molar-refractivity contribution in [1.82, 2.24) is 0 Å². The normalized spacial score (nSPS) is 11.1. The molecule has 0 aromatic carbocycles. The molecule has 0 amide bonds. The molecule has 0 N–H and O–H groups in total. The van der Waals surface area contributed by atoms with Crippen LogP contribution in [0.5, 0.6) is 0 Å². The van der Waals surface area contributed by atoms with Crippen molar-refractivity contribution < 1.29 is 9.53 Å². The van der Waals surface area contributed by atoms with Crippen LogP contribution in [0.15, 0.2) is 49.3 Å². The SMILES string of the molecule is C=C/C=C\C(=C/C=C)OC=O. The van der Waals surface area contributed by atoms with Crippen LogP contribution in [0, 0.1) is 0 Å². The summed E-state index contributed by atoms with van der Waals surface area (Å²) in [6.45, 7) is 7.29. The van der Waals surface area contributed by atoms with E-state index in [-0.39, 0.29) is 0 Å². The summed E-state index contributed by atoms with van der Waals surface area (Å²) in [7, 11) is 0. The lowest BCUT2D eigenvalue weighted by molar-refractivity contribution is -0.124. The fourth-order valence-corrected chi connectivity index (χ4v) is 0.469. The maximum absolute atomic E-state index is 9.90. The van der Waals surface area contributed by atoms with Gasteiger partial charge in [-0.15, -0.1) is 0 Å². The van der Waals surface area contributed by atoms with Gasteiger partial charge in [0.15, 0.2) is 0 Å². The topological polar surface area (TPSA) is 26.3 Å². The molecule has 0 aliphatic carbocycles. The van der Waals surface area contributed by atoms with E-state index < -0.39 is 0 Å². The van der Waals surface area contributed by atoms with Crippen LogP contribution in [0.1, 0.15) is 0 Å². The van der Waals surface area contributed by atoms with Crippen molar-refractivity contribution in [3.05, 3.63) is 49.3 Å². The summed E-state index contributed by atoms with van der Waals surface area (Å²) in [6.07, 6.45) is 7.98. The smallest absolute Gasteiger partial charge is 0.298 e. The molecule has 11 heavy (non-hydrogen) atoms. The van der Waals surface area contributed by atoms with Crippen LogP contribution >= 0.6 is 0 Å². The van der Waals surface area contributed by atoms with E-state index in [2.05, 4.69) is 17.9 Å². The third-order valence-electron chi connectivity index (χ3n) is 0.863. The van der Waals surface area contributed by atoms with Crippen LogP contribution in [0.2, 0.25) is 0 Å². The minimum atomic E-state index is 0.364. The van der Waals surface area contributed by atoms with Crippen LogP contribution in [0.25, 0.3) is 0 Å². The summed E-state index contributed by atoms with van der Waals surface area (Å²) in [5.74, 6) is 0.440. The molecule has 0 aliphatic heterocycles. The molecule has 0 unspecified atom stereocenters. The number of carbonyl (C=O) groups is 1. The lowest BCUT2D eigenvalue weighted by atomic mass is 10.4. The zero-order chi connectivity index (χ0) is 8.53. The Bertz CT molecular complexity index is 200. The van der Waals surface area contributed by atoms with Gasteiger partial charge in [0.25, 0.3) is 6.47 Å². The fraction of sp³-hybridized carbons (Fsp3) is 0. The van der Waals surface area contributed by atoms with Crippen molar-refractivity contribution in [3.63, 3.8) is 0 Å². The molecule has 0 aromatic rings. The van der Waals surface area contributed by atoms with E-state index in [1.54, 1.807) is 24.3 Å². The first kappa shape index (κ1) is 9.43. The molecule has 0 heterocycles. The van der Waals surface area contributed by atoms with Gasteiger partial charge in [0.05, 0.1) is 0 Å². The van der Waals surface area contributed by atoms with E-state index in [1.807, 2.05) is 0 Å². The minimum Gasteiger partial charge on any atom is -0.429 e. The van der Waals surface area contributed by atoms with Gasteiger partial charge in [0.1, 0.15) is 5.76 Å². The van der Waals surface area contributed by atoms with Crippen LogP contribution in [-0.4, -0.2) is 6.47 Å². The Labute approximate surface area is 66.2 Å². The quantitative estimate of drug-likeness (QED) is 0.340. The van der Waals surface area contributed by atoms with Crippen LogP contribution in [0.3, 0.4) is 0 Å². The van der Waals surface area contributed by atoms with Crippen molar-refractivity contribution in [2.45, 2.75) is 0 Å². The van der Waals surface area contributed by atoms with E-state index in [4.69, 9.17) is 0 Å². The Morgan fingerprint density at radius 2 is 2.00 bits per heavy atom. The molecule has 0 rings (SSSR count). The number of allylic oxidation sites excluding steroid dienone is 5. The molecule has 0 saturated carbocycles. The summed E-state index contributed by atoms with van der Waals surface area (Å²) in [5, 5.41) is 0. The molecule has 0 spiro atoms. The van der Waals surface area contributed by atoms with Crippen molar-refractivity contribution >= 4 is 6.47 Å². The predicted molar refractivity (Wildman–Crippen MR) is 44.8 cm³/mol. The van der Waals surface area contributed by atoms with Crippen molar-refractivity contribution in [2.24, 2.45) is 0 Å². The summed E-state index contributed by atoms with van der Waals surface area (Å²) < 4.78 is 4.56. The van der Waals surface area contributed by atoms with Gasteiger partial charge in [-0.1, -0.05) is 31.4 Å². The zero-order valence-corrected chi connectivity index (χ0v) is 6.19.